The number of allylic oxidation sites excluding steroid dienone is 1. The predicted octanol–water partition coefficient (Wildman–Crippen LogP) is 2.07. The number of hydrogen-bond donors (Lipinski definition) is 3. The van der Waals surface area contributed by atoms with Crippen LogP contribution in [0.4, 0.5) is 8.78 Å². The third-order valence-electron chi connectivity index (χ3n) is 5.70. The standard InChI is InChI=1S/C26H26F2I2N3O2/c1-15(2)16(3)13-30-23(31)20-17(4)32-22-21(20)18(14-33(5)24(22)34)11-12-25(35,26(27,28)29)19-9-7-6-8-10-19/h6-10,14-15,31-32,35H,3,13H2,1-2,4-5H3/q-1. The zero-order valence-corrected chi connectivity index (χ0v) is 24.1. The number of aryl methyl sites for hydroxylation is 2. The predicted molar refractivity (Wildman–Crippen MR) is 140 cm³/mol. The van der Waals surface area contributed by atoms with E-state index in [-0.39, 0.29) is 22.2 Å². The first-order chi connectivity index (χ1) is 16.3. The van der Waals surface area contributed by atoms with Crippen LogP contribution in [0.3, 0.4) is 0 Å². The van der Waals surface area contributed by atoms with Crippen molar-refractivity contribution in [1.29, 1.82) is 5.41 Å². The number of hydrogen-bond acceptors (Lipinski definition) is 3. The van der Waals surface area contributed by atoms with E-state index in [0.29, 0.717) is 26.3 Å². The number of aromatic amines is 1. The number of alkyl halides is 4. The van der Waals surface area contributed by atoms with Gasteiger partial charge in [0, 0.05) is 0 Å². The van der Waals surface area contributed by atoms with E-state index in [2.05, 4.69) is 37.3 Å². The molecule has 3 rings (SSSR count). The van der Waals surface area contributed by atoms with E-state index < -0.39 is 30.7 Å². The molecule has 0 saturated heterocycles. The van der Waals surface area contributed by atoms with Crippen LogP contribution < -0.4 is 26.8 Å². The van der Waals surface area contributed by atoms with Gasteiger partial charge in [0.05, 0.1) is 0 Å². The number of nitrogens with one attached hydrogen (secondary N) is 2. The van der Waals surface area contributed by atoms with E-state index in [0.717, 1.165) is 32.6 Å². The fourth-order valence-electron chi connectivity index (χ4n) is 3.43. The average molecular weight is 704 g/mol. The number of aromatic nitrogens is 2. The summed E-state index contributed by atoms with van der Waals surface area (Å²) in [6.45, 7) is 9.98. The number of halogens is 4. The van der Waals surface area contributed by atoms with Crippen molar-refractivity contribution in [3.63, 3.8) is 0 Å². The van der Waals surface area contributed by atoms with E-state index >= 15 is 0 Å². The first-order valence-corrected chi connectivity index (χ1v) is 14.4. The van der Waals surface area contributed by atoms with Crippen molar-refractivity contribution in [2.75, 3.05) is 4.43 Å². The molecule has 0 bridgehead atoms. The summed E-state index contributed by atoms with van der Waals surface area (Å²) in [6.07, 6.45) is 1.46. The molecule has 0 saturated carbocycles. The van der Waals surface area contributed by atoms with Crippen molar-refractivity contribution in [3.05, 3.63) is 81.4 Å². The van der Waals surface area contributed by atoms with Gasteiger partial charge in [-0.15, -0.1) is 0 Å². The van der Waals surface area contributed by atoms with Crippen LogP contribution in [0.25, 0.3) is 10.9 Å². The Labute approximate surface area is 226 Å². The maximum atomic E-state index is 14.6. The number of rotatable bonds is 7. The van der Waals surface area contributed by atoms with Gasteiger partial charge in [0.2, 0.25) is 0 Å². The Bertz CT molecular complexity index is 1410. The molecule has 9 heteroatoms. The van der Waals surface area contributed by atoms with Gasteiger partial charge in [-0.25, -0.2) is 0 Å². The molecule has 1 aromatic carbocycles. The molecule has 3 N–H and O–H groups in total. The van der Waals surface area contributed by atoms with Gasteiger partial charge in [-0.3, -0.25) is 0 Å². The van der Waals surface area contributed by atoms with Gasteiger partial charge in [0.15, 0.2) is 0 Å². The van der Waals surface area contributed by atoms with Gasteiger partial charge in [-0.1, -0.05) is 0 Å². The SMILES string of the molecule is C=C(C[I-]C(=N)c1c(C)[nH]c2c(=O)n(C)cc(C#CC(O)(c3ccccc3)C(F)(F)I)c12)C(C)C. The molecular weight excluding hydrogens is 678 g/mol. The third kappa shape index (κ3) is 5.54. The Hall–Kier alpha value is -2.04. The number of benzene rings is 1. The Kier molecular flexibility index (Phi) is 8.28. The van der Waals surface area contributed by atoms with Gasteiger partial charge < -0.3 is 0 Å². The maximum absolute atomic E-state index is 14.6. The summed E-state index contributed by atoms with van der Waals surface area (Å²) in [5, 5.41) is 20.2. The summed E-state index contributed by atoms with van der Waals surface area (Å²) in [5.74, 6) is 5.43. The summed E-state index contributed by atoms with van der Waals surface area (Å²) in [6, 6.07) is 7.56. The first-order valence-electron chi connectivity index (χ1n) is 10.7. The number of pyridine rings is 1. The fraction of sp³-hybridized carbons (Fsp3) is 0.308. The number of fused-ring (bicyclic) bond motifs is 1. The van der Waals surface area contributed by atoms with Gasteiger partial charge in [0.1, 0.15) is 0 Å². The third-order valence-corrected chi connectivity index (χ3v) is 9.15. The van der Waals surface area contributed by atoms with Crippen molar-refractivity contribution >= 4 is 37.2 Å². The van der Waals surface area contributed by atoms with E-state index in [1.54, 1.807) is 32.2 Å². The van der Waals surface area contributed by atoms with Crippen molar-refractivity contribution in [1.82, 2.24) is 9.55 Å². The van der Waals surface area contributed by atoms with Crippen LogP contribution in [0, 0.1) is 30.1 Å². The minimum atomic E-state index is -3.59. The van der Waals surface area contributed by atoms with E-state index in [1.807, 2.05) is 0 Å². The monoisotopic (exact) mass is 704 g/mol. The van der Waals surface area contributed by atoms with Crippen LogP contribution in [0.15, 0.2) is 53.5 Å². The van der Waals surface area contributed by atoms with Crippen LogP contribution in [0.2, 0.25) is 0 Å². The quantitative estimate of drug-likeness (QED) is 0.116. The molecule has 1 unspecified atom stereocenters. The molecule has 0 aliphatic carbocycles. The van der Waals surface area contributed by atoms with Gasteiger partial charge in [0.25, 0.3) is 0 Å². The van der Waals surface area contributed by atoms with Gasteiger partial charge >= 0.3 is 228 Å². The second-order valence-electron chi connectivity index (χ2n) is 8.55. The number of aliphatic hydroxyl groups is 1. The molecule has 5 nitrogen and oxygen atoms in total. The van der Waals surface area contributed by atoms with E-state index in [4.69, 9.17) is 5.41 Å². The Balaban J connectivity index is 2.21. The molecule has 0 amide bonds. The molecule has 35 heavy (non-hydrogen) atoms. The fourth-order valence-corrected chi connectivity index (χ4v) is 6.69. The van der Waals surface area contributed by atoms with Crippen molar-refractivity contribution in [2.45, 2.75) is 30.3 Å². The van der Waals surface area contributed by atoms with E-state index in [9.17, 15) is 18.7 Å². The molecule has 186 valence electrons. The summed E-state index contributed by atoms with van der Waals surface area (Å²) in [7, 11) is 1.55. The zero-order valence-electron chi connectivity index (χ0n) is 19.8. The summed E-state index contributed by atoms with van der Waals surface area (Å²) < 4.78 is 28.1. The van der Waals surface area contributed by atoms with E-state index in [1.165, 1.54) is 22.9 Å². The van der Waals surface area contributed by atoms with Gasteiger partial charge in [-0.05, 0) is 0 Å². The van der Waals surface area contributed by atoms with Crippen molar-refractivity contribution in [3.8, 4) is 11.8 Å². The summed E-state index contributed by atoms with van der Waals surface area (Å²) in [4.78, 5) is 15.9. The molecule has 2 aromatic heterocycles. The minimum absolute atomic E-state index is 0.0377. The Morgan fingerprint density at radius 1 is 1.34 bits per heavy atom. The molecular formula is C26H26F2I2N3O2-. The van der Waals surface area contributed by atoms with Crippen LogP contribution in [-0.4, -0.2) is 26.7 Å². The first kappa shape index (κ1) is 27.5. The number of H-pyrrole nitrogens is 1. The van der Waals surface area contributed by atoms with Crippen LogP contribution >= 0.6 is 22.6 Å². The Morgan fingerprint density at radius 3 is 2.54 bits per heavy atom. The van der Waals surface area contributed by atoms with Crippen LogP contribution in [0.5, 0.6) is 0 Å². The topological polar surface area (TPSA) is 81.9 Å². The van der Waals surface area contributed by atoms with Gasteiger partial charge in [-0.2, -0.15) is 0 Å². The van der Waals surface area contributed by atoms with Crippen LogP contribution in [-0.2, 0) is 12.6 Å². The summed E-state index contributed by atoms with van der Waals surface area (Å²) >= 11 is 0.151. The average Bonchev–Trinajstić information content (AvgIpc) is 3.15. The zero-order chi connectivity index (χ0) is 26.1. The molecule has 0 aliphatic rings. The molecule has 0 aliphatic heterocycles. The van der Waals surface area contributed by atoms with Crippen molar-refractivity contribution < 1.29 is 35.1 Å². The van der Waals surface area contributed by atoms with Crippen molar-refractivity contribution in [2.24, 2.45) is 13.0 Å². The molecule has 0 spiro atoms. The second kappa shape index (κ2) is 10.5. The number of nitrogens with zero attached hydrogens (tertiary/aromatic N) is 1. The molecule has 0 radical (unpaired) electrons. The molecule has 2 heterocycles. The molecule has 3 aromatic rings. The normalized spacial score (nSPS) is 13.5. The summed E-state index contributed by atoms with van der Waals surface area (Å²) in [5.41, 5.74) is -0.288. The molecule has 0 fully saturated rings. The second-order valence-corrected chi connectivity index (χ2v) is 12.5. The Morgan fingerprint density at radius 2 is 1.97 bits per heavy atom. The molecule has 1 atom stereocenters. The van der Waals surface area contributed by atoms with Crippen LogP contribution in [0.1, 0.15) is 36.2 Å².